The number of guanidine groups is 1. The standard InChI is InChI=1S/C12H22N4O2S2/c1-3-13-12(15-10-11-6-4-9-19-11)14-7-5-8-16-20(2,17)18/h4,6,9,16H,3,5,7-8,10H2,1-2H3,(H2,13,14,15). The summed E-state index contributed by atoms with van der Waals surface area (Å²) in [5, 5.41) is 8.36. The molecule has 0 radical (unpaired) electrons. The van der Waals surface area contributed by atoms with E-state index < -0.39 is 10.0 Å². The van der Waals surface area contributed by atoms with Crippen LogP contribution in [0.2, 0.25) is 0 Å². The third kappa shape index (κ3) is 8.13. The third-order valence-electron chi connectivity index (χ3n) is 2.33. The third-order valence-corrected chi connectivity index (χ3v) is 3.92. The first-order chi connectivity index (χ1) is 9.51. The quantitative estimate of drug-likeness (QED) is 0.375. The smallest absolute Gasteiger partial charge is 0.208 e. The van der Waals surface area contributed by atoms with Gasteiger partial charge in [-0.05, 0) is 24.8 Å². The van der Waals surface area contributed by atoms with Gasteiger partial charge in [0.05, 0.1) is 12.8 Å². The Hall–Kier alpha value is -1.12. The van der Waals surface area contributed by atoms with Crippen molar-refractivity contribution in [2.45, 2.75) is 19.9 Å². The van der Waals surface area contributed by atoms with Crippen LogP contribution in [0, 0.1) is 0 Å². The van der Waals surface area contributed by atoms with Gasteiger partial charge in [0.2, 0.25) is 10.0 Å². The molecule has 6 nitrogen and oxygen atoms in total. The van der Waals surface area contributed by atoms with E-state index in [0.29, 0.717) is 26.1 Å². The maximum atomic E-state index is 10.9. The van der Waals surface area contributed by atoms with Crippen molar-refractivity contribution >= 4 is 27.3 Å². The number of aliphatic imine (C=N–C) groups is 1. The Bertz CT molecular complexity index is 498. The second kappa shape index (κ2) is 8.93. The molecule has 0 amide bonds. The number of hydrogen-bond donors (Lipinski definition) is 3. The average Bonchev–Trinajstić information content (AvgIpc) is 2.87. The van der Waals surface area contributed by atoms with E-state index in [2.05, 4.69) is 20.3 Å². The zero-order valence-corrected chi connectivity index (χ0v) is 13.5. The molecule has 0 aliphatic carbocycles. The summed E-state index contributed by atoms with van der Waals surface area (Å²) >= 11 is 1.68. The first kappa shape index (κ1) is 16.9. The summed E-state index contributed by atoms with van der Waals surface area (Å²) in [7, 11) is -3.10. The lowest BCUT2D eigenvalue weighted by Gasteiger charge is -2.11. The molecule has 0 bridgehead atoms. The van der Waals surface area contributed by atoms with Gasteiger partial charge in [0.25, 0.3) is 0 Å². The maximum Gasteiger partial charge on any atom is 0.208 e. The fraction of sp³-hybridized carbons (Fsp3) is 0.583. The Morgan fingerprint density at radius 3 is 2.75 bits per heavy atom. The minimum absolute atomic E-state index is 0.427. The first-order valence-electron chi connectivity index (χ1n) is 6.50. The monoisotopic (exact) mass is 318 g/mol. The first-order valence-corrected chi connectivity index (χ1v) is 9.27. The van der Waals surface area contributed by atoms with Crippen LogP contribution in [0.15, 0.2) is 22.5 Å². The van der Waals surface area contributed by atoms with Crippen LogP contribution in [0.3, 0.4) is 0 Å². The molecule has 0 spiro atoms. The van der Waals surface area contributed by atoms with Gasteiger partial charge in [-0.2, -0.15) is 0 Å². The molecule has 8 heteroatoms. The summed E-state index contributed by atoms with van der Waals surface area (Å²) in [4.78, 5) is 5.68. The molecule has 0 unspecified atom stereocenters. The zero-order valence-electron chi connectivity index (χ0n) is 11.8. The highest BCUT2D eigenvalue weighted by Gasteiger charge is 2.00. The summed E-state index contributed by atoms with van der Waals surface area (Å²) in [5.74, 6) is 0.750. The van der Waals surface area contributed by atoms with E-state index >= 15 is 0 Å². The molecular formula is C12H22N4O2S2. The summed E-state index contributed by atoms with van der Waals surface area (Å²) in [6.45, 7) is 4.54. The molecule has 114 valence electrons. The highest BCUT2D eigenvalue weighted by Crippen LogP contribution is 2.09. The van der Waals surface area contributed by atoms with Crippen LogP contribution < -0.4 is 15.4 Å². The molecule has 1 aromatic heterocycles. The van der Waals surface area contributed by atoms with Gasteiger partial charge in [-0.3, -0.25) is 0 Å². The fourth-order valence-electron chi connectivity index (χ4n) is 1.45. The number of nitrogens with one attached hydrogen (secondary N) is 3. The fourth-order valence-corrected chi connectivity index (χ4v) is 2.60. The molecule has 0 saturated heterocycles. The van der Waals surface area contributed by atoms with Gasteiger partial charge < -0.3 is 10.6 Å². The average molecular weight is 318 g/mol. The molecule has 20 heavy (non-hydrogen) atoms. The molecule has 0 saturated carbocycles. The van der Waals surface area contributed by atoms with E-state index in [1.165, 1.54) is 4.88 Å². The molecular weight excluding hydrogens is 296 g/mol. The van der Waals surface area contributed by atoms with Gasteiger partial charge in [-0.25, -0.2) is 18.1 Å². The Morgan fingerprint density at radius 1 is 1.35 bits per heavy atom. The highest BCUT2D eigenvalue weighted by molar-refractivity contribution is 7.88. The van der Waals surface area contributed by atoms with Gasteiger partial charge in [-0.1, -0.05) is 6.07 Å². The normalized spacial score (nSPS) is 12.4. The van der Waals surface area contributed by atoms with E-state index in [0.717, 1.165) is 18.8 Å². The number of thiophene rings is 1. The zero-order chi connectivity index (χ0) is 14.8. The minimum atomic E-state index is -3.10. The number of sulfonamides is 1. The van der Waals surface area contributed by atoms with Crippen LogP contribution in [0.1, 0.15) is 18.2 Å². The molecule has 0 aliphatic heterocycles. The van der Waals surface area contributed by atoms with E-state index in [9.17, 15) is 8.42 Å². The number of nitrogens with zero attached hydrogens (tertiary/aromatic N) is 1. The molecule has 0 aromatic carbocycles. The molecule has 1 heterocycles. The van der Waals surface area contributed by atoms with Crippen molar-refractivity contribution < 1.29 is 8.42 Å². The molecule has 0 fully saturated rings. The molecule has 0 atom stereocenters. The SMILES string of the molecule is CCNC(=NCc1cccs1)NCCCNS(C)(=O)=O. The van der Waals surface area contributed by atoms with Crippen molar-refractivity contribution in [2.75, 3.05) is 25.9 Å². The Morgan fingerprint density at radius 2 is 2.15 bits per heavy atom. The van der Waals surface area contributed by atoms with Gasteiger partial charge in [0, 0.05) is 24.5 Å². The summed E-state index contributed by atoms with van der Waals surface area (Å²) in [6.07, 6.45) is 1.86. The van der Waals surface area contributed by atoms with Gasteiger partial charge >= 0.3 is 0 Å². The lowest BCUT2D eigenvalue weighted by molar-refractivity contribution is 0.584. The van der Waals surface area contributed by atoms with Crippen LogP contribution in [0.4, 0.5) is 0 Å². The van der Waals surface area contributed by atoms with Crippen molar-refractivity contribution in [3.8, 4) is 0 Å². The lowest BCUT2D eigenvalue weighted by Crippen LogP contribution is -2.38. The van der Waals surface area contributed by atoms with Crippen LogP contribution in [0.5, 0.6) is 0 Å². The van der Waals surface area contributed by atoms with E-state index in [4.69, 9.17) is 0 Å². The maximum absolute atomic E-state index is 10.9. The molecule has 1 rings (SSSR count). The van der Waals surface area contributed by atoms with Crippen molar-refractivity contribution in [3.05, 3.63) is 22.4 Å². The van der Waals surface area contributed by atoms with Crippen LogP contribution in [-0.4, -0.2) is 40.3 Å². The van der Waals surface area contributed by atoms with Crippen LogP contribution >= 0.6 is 11.3 Å². The predicted molar refractivity (Wildman–Crippen MR) is 84.6 cm³/mol. The van der Waals surface area contributed by atoms with E-state index in [1.807, 2.05) is 24.4 Å². The molecule has 3 N–H and O–H groups in total. The van der Waals surface area contributed by atoms with Crippen molar-refractivity contribution in [1.82, 2.24) is 15.4 Å². The van der Waals surface area contributed by atoms with Crippen molar-refractivity contribution in [1.29, 1.82) is 0 Å². The van der Waals surface area contributed by atoms with E-state index in [1.54, 1.807) is 11.3 Å². The highest BCUT2D eigenvalue weighted by atomic mass is 32.2. The predicted octanol–water partition coefficient (Wildman–Crippen LogP) is 0.743. The van der Waals surface area contributed by atoms with Crippen molar-refractivity contribution in [3.63, 3.8) is 0 Å². The summed E-state index contributed by atoms with van der Waals surface area (Å²) < 4.78 is 24.3. The largest absolute Gasteiger partial charge is 0.357 e. The second-order valence-electron chi connectivity index (χ2n) is 4.22. The number of hydrogen-bond acceptors (Lipinski definition) is 4. The second-order valence-corrected chi connectivity index (χ2v) is 7.09. The molecule has 1 aromatic rings. The van der Waals surface area contributed by atoms with Crippen LogP contribution in [0.25, 0.3) is 0 Å². The Labute approximate surface area is 124 Å². The minimum Gasteiger partial charge on any atom is -0.357 e. The topological polar surface area (TPSA) is 82.6 Å². The van der Waals surface area contributed by atoms with Crippen LogP contribution in [-0.2, 0) is 16.6 Å². The summed E-state index contributed by atoms with van der Waals surface area (Å²) in [5.41, 5.74) is 0. The van der Waals surface area contributed by atoms with Gasteiger partial charge in [0.1, 0.15) is 0 Å². The van der Waals surface area contributed by atoms with Crippen molar-refractivity contribution in [2.24, 2.45) is 4.99 Å². The van der Waals surface area contributed by atoms with E-state index in [-0.39, 0.29) is 0 Å². The number of rotatable bonds is 8. The Balaban J connectivity index is 2.30. The molecule has 0 aliphatic rings. The summed E-state index contributed by atoms with van der Waals surface area (Å²) in [6, 6.07) is 4.06. The van der Waals surface area contributed by atoms with Gasteiger partial charge in [0.15, 0.2) is 5.96 Å². The Kier molecular flexibility index (Phi) is 7.56. The van der Waals surface area contributed by atoms with Gasteiger partial charge in [-0.15, -0.1) is 11.3 Å². The lowest BCUT2D eigenvalue weighted by atomic mass is 10.4.